The van der Waals surface area contributed by atoms with Gasteiger partial charge in [-0.3, -0.25) is 14.4 Å². The Hall–Kier alpha value is -4.64. The number of amides is 3. The molecule has 0 radical (unpaired) electrons. The van der Waals surface area contributed by atoms with Crippen molar-refractivity contribution in [1.29, 1.82) is 0 Å². The smallest absolute Gasteiger partial charge is 0.272 e. The monoisotopic (exact) mass is 665 g/mol. The Bertz CT molecular complexity index is 1710. The maximum Gasteiger partial charge on any atom is 0.272 e. The van der Waals surface area contributed by atoms with E-state index < -0.39 is 11.8 Å². The molecule has 0 aliphatic rings. The molecule has 3 amide bonds. The van der Waals surface area contributed by atoms with Gasteiger partial charge in [-0.2, -0.15) is 0 Å². The van der Waals surface area contributed by atoms with Gasteiger partial charge in [0.25, 0.3) is 11.8 Å². The van der Waals surface area contributed by atoms with Crippen molar-refractivity contribution in [3.8, 4) is 17.2 Å². The number of ether oxygens (including phenoxy) is 3. The Morgan fingerprint density at radius 3 is 2.09 bits per heavy atom. The summed E-state index contributed by atoms with van der Waals surface area (Å²) in [5, 5.41) is 9.04. The Morgan fingerprint density at radius 2 is 1.44 bits per heavy atom. The number of anilines is 2. The second-order valence-electron chi connectivity index (χ2n) is 9.28. The first-order valence-electron chi connectivity index (χ1n) is 13.4. The number of hydrogen-bond acceptors (Lipinski definition) is 7. The summed E-state index contributed by atoms with van der Waals surface area (Å²) in [4.78, 5) is 39.9. The lowest BCUT2D eigenvalue weighted by molar-refractivity contribution is -0.114. The standard InChI is InChI=1S/C33H29Cl2N3O6S/c1-42-28-15-20(16-29(43-2)31(28)44-3)14-27(38-32(40)21-8-5-4-6-9-21)33(41)37-22-10-7-11-24(17-22)45-19-30(39)36-23-12-13-25(34)26(35)18-23/h4-18H,19H2,1-3H3,(H,36,39)(H,37,41)(H,38,40)/b27-14+. The number of hydrogen-bond donors (Lipinski definition) is 3. The highest BCUT2D eigenvalue weighted by molar-refractivity contribution is 8.00. The maximum atomic E-state index is 13.6. The van der Waals surface area contributed by atoms with Crippen molar-refractivity contribution in [2.75, 3.05) is 37.7 Å². The molecule has 0 aliphatic heterocycles. The predicted molar refractivity (Wildman–Crippen MR) is 179 cm³/mol. The molecule has 0 aromatic heterocycles. The molecule has 45 heavy (non-hydrogen) atoms. The van der Waals surface area contributed by atoms with Crippen molar-refractivity contribution in [2.45, 2.75) is 4.90 Å². The summed E-state index contributed by atoms with van der Waals surface area (Å²) in [5.41, 5.74) is 1.84. The van der Waals surface area contributed by atoms with Crippen LogP contribution in [0.15, 0.2) is 95.5 Å². The van der Waals surface area contributed by atoms with E-state index in [0.29, 0.717) is 49.8 Å². The van der Waals surface area contributed by atoms with Gasteiger partial charge in [0, 0.05) is 21.8 Å². The quantitative estimate of drug-likeness (QED) is 0.109. The average Bonchev–Trinajstić information content (AvgIpc) is 3.05. The normalized spacial score (nSPS) is 10.9. The van der Waals surface area contributed by atoms with Gasteiger partial charge in [0.15, 0.2) is 11.5 Å². The lowest BCUT2D eigenvalue weighted by Gasteiger charge is -2.15. The maximum absolute atomic E-state index is 13.6. The Morgan fingerprint density at radius 1 is 0.756 bits per heavy atom. The molecule has 0 fully saturated rings. The van der Waals surface area contributed by atoms with E-state index in [4.69, 9.17) is 37.4 Å². The minimum atomic E-state index is -0.576. The number of rotatable bonds is 12. The largest absolute Gasteiger partial charge is 0.493 e. The first-order chi connectivity index (χ1) is 21.7. The van der Waals surface area contributed by atoms with Crippen LogP contribution in [0, 0.1) is 0 Å². The first-order valence-corrected chi connectivity index (χ1v) is 15.1. The molecule has 9 nitrogen and oxygen atoms in total. The van der Waals surface area contributed by atoms with E-state index in [1.807, 2.05) is 6.07 Å². The zero-order valence-corrected chi connectivity index (χ0v) is 26.8. The summed E-state index contributed by atoms with van der Waals surface area (Å²) < 4.78 is 16.3. The molecule has 0 heterocycles. The van der Waals surface area contributed by atoms with E-state index in [-0.39, 0.29) is 17.4 Å². The van der Waals surface area contributed by atoms with Crippen molar-refractivity contribution in [1.82, 2.24) is 5.32 Å². The van der Waals surface area contributed by atoms with Gasteiger partial charge in [-0.1, -0.05) is 47.5 Å². The van der Waals surface area contributed by atoms with Crippen LogP contribution in [-0.4, -0.2) is 44.8 Å². The van der Waals surface area contributed by atoms with E-state index in [1.165, 1.54) is 39.2 Å². The van der Waals surface area contributed by atoms with Crippen molar-refractivity contribution in [2.24, 2.45) is 0 Å². The van der Waals surface area contributed by atoms with Gasteiger partial charge in [-0.05, 0) is 72.3 Å². The van der Waals surface area contributed by atoms with Crippen LogP contribution in [0.3, 0.4) is 0 Å². The Labute approximate surface area is 274 Å². The lowest BCUT2D eigenvalue weighted by Crippen LogP contribution is -2.30. The third kappa shape index (κ3) is 9.18. The number of carbonyl (C=O) groups excluding carboxylic acids is 3. The third-order valence-electron chi connectivity index (χ3n) is 6.19. The minimum absolute atomic E-state index is 0.0304. The highest BCUT2D eigenvalue weighted by Crippen LogP contribution is 2.38. The molecule has 0 atom stereocenters. The van der Waals surface area contributed by atoms with E-state index in [0.717, 1.165) is 4.90 Å². The molecule has 0 unspecified atom stereocenters. The fourth-order valence-electron chi connectivity index (χ4n) is 4.08. The number of carbonyl (C=O) groups is 3. The Balaban J connectivity index is 1.53. The van der Waals surface area contributed by atoms with E-state index >= 15 is 0 Å². The van der Waals surface area contributed by atoms with Crippen LogP contribution in [0.5, 0.6) is 17.2 Å². The Kier molecular flexibility index (Phi) is 11.7. The number of nitrogens with one attached hydrogen (secondary N) is 3. The van der Waals surface area contributed by atoms with Crippen LogP contribution in [0.4, 0.5) is 11.4 Å². The number of thioether (sulfide) groups is 1. The van der Waals surface area contributed by atoms with Crippen LogP contribution in [-0.2, 0) is 9.59 Å². The third-order valence-corrected chi connectivity index (χ3v) is 7.92. The molecule has 232 valence electrons. The predicted octanol–water partition coefficient (Wildman–Crippen LogP) is 7.16. The van der Waals surface area contributed by atoms with Gasteiger partial charge in [0.1, 0.15) is 5.70 Å². The molecule has 12 heteroatoms. The van der Waals surface area contributed by atoms with Gasteiger partial charge in [0.2, 0.25) is 11.7 Å². The van der Waals surface area contributed by atoms with Crippen molar-refractivity contribution in [3.05, 3.63) is 112 Å². The van der Waals surface area contributed by atoms with Crippen molar-refractivity contribution < 1.29 is 28.6 Å². The highest BCUT2D eigenvalue weighted by atomic mass is 35.5. The van der Waals surface area contributed by atoms with Crippen LogP contribution >= 0.6 is 35.0 Å². The summed E-state index contributed by atoms with van der Waals surface area (Å²) in [5.74, 6) is -0.0371. The van der Waals surface area contributed by atoms with E-state index in [9.17, 15) is 14.4 Å². The second kappa shape index (κ2) is 15.9. The molecular weight excluding hydrogens is 637 g/mol. The fraction of sp³-hybridized carbons (Fsp3) is 0.121. The van der Waals surface area contributed by atoms with Crippen molar-refractivity contribution in [3.63, 3.8) is 0 Å². The molecule has 0 spiro atoms. The summed E-state index contributed by atoms with van der Waals surface area (Å²) in [6.07, 6.45) is 1.51. The topological polar surface area (TPSA) is 115 Å². The number of methoxy groups -OCH3 is 3. The van der Waals surface area contributed by atoms with E-state index in [1.54, 1.807) is 78.9 Å². The molecule has 4 rings (SSSR count). The molecule has 0 saturated heterocycles. The number of benzene rings is 4. The summed E-state index contributed by atoms with van der Waals surface area (Å²) >= 11 is 13.2. The molecule has 4 aromatic rings. The SMILES string of the molecule is COc1cc(/C=C(/NC(=O)c2ccccc2)C(=O)Nc2cccc(SCC(=O)Nc3ccc(Cl)c(Cl)c3)c2)cc(OC)c1OC. The summed E-state index contributed by atoms with van der Waals surface area (Å²) in [6.45, 7) is 0. The van der Waals surface area contributed by atoms with Crippen LogP contribution in [0.25, 0.3) is 6.08 Å². The van der Waals surface area contributed by atoms with Crippen LogP contribution < -0.4 is 30.2 Å². The molecular formula is C33H29Cl2N3O6S. The fourth-order valence-corrected chi connectivity index (χ4v) is 5.13. The molecule has 0 saturated carbocycles. The van der Waals surface area contributed by atoms with Gasteiger partial charge in [-0.15, -0.1) is 11.8 Å². The summed E-state index contributed by atoms with van der Waals surface area (Å²) in [6, 6.07) is 23.7. The van der Waals surface area contributed by atoms with E-state index in [2.05, 4.69) is 16.0 Å². The van der Waals surface area contributed by atoms with Gasteiger partial charge in [-0.25, -0.2) is 0 Å². The molecule has 0 bridgehead atoms. The highest BCUT2D eigenvalue weighted by Gasteiger charge is 2.18. The van der Waals surface area contributed by atoms with Gasteiger partial charge in [0.05, 0.1) is 37.1 Å². The average molecular weight is 667 g/mol. The molecule has 0 aliphatic carbocycles. The van der Waals surface area contributed by atoms with Gasteiger partial charge >= 0.3 is 0 Å². The van der Waals surface area contributed by atoms with Crippen LogP contribution in [0.2, 0.25) is 10.0 Å². The van der Waals surface area contributed by atoms with Gasteiger partial charge < -0.3 is 30.2 Å². The number of halogens is 2. The minimum Gasteiger partial charge on any atom is -0.493 e. The van der Waals surface area contributed by atoms with Crippen molar-refractivity contribution >= 4 is 70.1 Å². The first kappa shape index (κ1) is 33.3. The summed E-state index contributed by atoms with van der Waals surface area (Å²) in [7, 11) is 4.46. The molecule has 3 N–H and O–H groups in total. The van der Waals surface area contributed by atoms with Crippen LogP contribution in [0.1, 0.15) is 15.9 Å². The zero-order valence-electron chi connectivity index (χ0n) is 24.5. The second-order valence-corrected chi connectivity index (χ2v) is 11.1. The lowest BCUT2D eigenvalue weighted by atomic mass is 10.1. The zero-order chi connectivity index (χ0) is 32.3. The molecule has 4 aromatic carbocycles.